The normalized spacial score (nSPS) is 11.1. The SMILES string of the molecule is CCc1ccc(Cn2ccc3c(CCN)cccc32)cc1. The first-order valence-corrected chi connectivity index (χ1v) is 7.66. The highest BCUT2D eigenvalue weighted by molar-refractivity contribution is 5.83. The standard InChI is InChI=1S/C19H22N2/c1-2-15-6-8-16(9-7-15)14-21-13-11-18-17(10-12-20)4-3-5-19(18)21/h3-9,11,13H,2,10,12,14,20H2,1H3. The molecule has 108 valence electrons. The lowest BCUT2D eigenvalue weighted by atomic mass is 10.1. The van der Waals surface area contributed by atoms with E-state index >= 15 is 0 Å². The number of aromatic nitrogens is 1. The Morgan fingerprint density at radius 2 is 1.71 bits per heavy atom. The van der Waals surface area contributed by atoms with Gasteiger partial charge in [0.25, 0.3) is 0 Å². The second-order valence-electron chi connectivity index (χ2n) is 5.50. The van der Waals surface area contributed by atoms with Gasteiger partial charge in [-0.1, -0.05) is 43.3 Å². The average Bonchev–Trinajstić information content (AvgIpc) is 2.93. The van der Waals surface area contributed by atoms with Gasteiger partial charge in [-0.3, -0.25) is 0 Å². The molecule has 1 aromatic heterocycles. The molecule has 0 fully saturated rings. The van der Waals surface area contributed by atoms with Crippen LogP contribution in [0.3, 0.4) is 0 Å². The molecule has 2 aromatic carbocycles. The Morgan fingerprint density at radius 1 is 0.952 bits per heavy atom. The van der Waals surface area contributed by atoms with E-state index in [1.807, 2.05) is 0 Å². The number of benzene rings is 2. The first-order chi connectivity index (χ1) is 10.3. The zero-order chi connectivity index (χ0) is 14.7. The molecular formula is C19H22N2. The van der Waals surface area contributed by atoms with Gasteiger partial charge in [0.05, 0.1) is 0 Å². The average molecular weight is 278 g/mol. The number of nitrogens with zero attached hydrogens (tertiary/aromatic N) is 1. The Balaban J connectivity index is 1.91. The fourth-order valence-electron chi connectivity index (χ4n) is 2.88. The second kappa shape index (κ2) is 6.15. The minimum absolute atomic E-state index is 0.697. The van der Waals surface area contributed by atoms with E-state index in [-0.39, 0.29) is 0 Å². The number of rotatable bonds is 5. The molecule has 0 unspecified atom stereocenters. The van der Waals surface area contributed by atoms with Crippen molar-refractivity contribution in [2.24, 2.45) is 5.73 Å². The summed E-state index contributed by atoms with van der Waals surface area (Å²) < 4.78 is 2.32. The first kappa shape index (κ1) is 13.9. The minimum Gasteiger partial charge on any atom is -0.343 e. The van der Waals surface area contributed by atoms with Crippen molar-refractivity contribution in [2.75, 3.05) is 6.54 Å². The maximum absolute atomic E-state index is 5.70. The van der Waals surface area contributed by atoms with Gasteiger partial charge in [-0.05, 0) is 48.2 Å². The van der Waals surface area contributed by atoms with Crippen LogP contribution in [0.1, 0.15) is 23.6 Å². The molecule has 0 saturated carbocycles. The molecule has 0 spiro atoms. The van der Waals surface area contributed by atoms with Crippen molar-refractivity contribution in [3.05, 3.63) is 71.4 Å². The largest absolute Gasteiger partial charge is 0.343 e. The topological polar surface area (TPSA) is 30.9 Å². The number of fused-ring (bicyclic) bond motifs is 1. The van der Waals surface area contributed by atoms with E-state index in [4.69, 9.17) is 5.73 Å². The van der Waals surface area contributed by atoms with Gasteiger partial charge < -0.3 is 10.3 Å². The van der Waals surface area contributed by atoms with Gasteiger partial charge in [-0.2, -0.15) is 0 Å². The first-order valence-electron chi connectivity index (χ1n) is 7.66. The minimum atomic E-state index is 0.697. The zero-order valence-electron chi connectivity index (χ0n) is 12.5. The Hall–Kier alpha value is -2.06. The molecule has 2 nitrogen and oxygen atoms in total. The summed E-state index contributed by atoms with van der Waals surface area (Å²) in [6.07, 6.45) is 4.21. The predicted molar refractivity (Wildman–Crippen MR) is 89.6 cm³/mol. The van der Waals surface area contributed by atoms with Crippen molar-refractivity contribution in [2.45, 2.75) is 26.3 Å². The van der Waals surface area contributed by atoms with Crippen LogP contribution in [0.15, 0.2) is 54.7 Å². The molecule has 0 aliphatic rings. The van der Waals surface area contributed by atoms with Gasteiger partial charge in [0.1, 0.15) is 0 Å². The van der Waals surface area contributed by atoms with E-state index in [1.54, 1.807) is 0 Å². The molecular weight excluding hydrogens is 256 g/mol. The van der Waals surface area contributed by atoms with Crippen LogP contribution in [0.2, 0.25) is 0 Å². The fraction of sp³-hybridized carbons (Fsp3) is 0.263. The van der Waals surface area contributed by atoms with Crippen LogP contribution in [-0.2, 0) is 19.4 Å². The van der Waals surface area contributed by atoms with Crippen LogP contribution < -0.4 is 5.73 Å². The molecule has 1 heterocycles. The lowest BCUT2D eigenvalue weighted by molar-refractivity contribution is 0.835. The lowest BCUT2D eigenvalue weighted by Gasteiger charge is -2.08. The van der Waals surface area contributed by atoms with Gasteiger partial charge in [0, 0.05) is 23.6 Å². The number of hydrogen-bond donors (Lipinski definition) is 1. The van der Waals surface area contributed by atoms with Crippen molar-refractivity contribution in [3.63, 3.8) is 0 Å². The number of hydrogen-bond acceptors (Lipinski definition) is 1. The van der Waals surface area contributed by atoms with Gasteiger partial charge in [-0.25, -0.2) is 0 Å². The summed E-state index contributed by atoms with van der Waals surface area (Å²) in [5, 5.41) is 1.33. The fourth-order valence-corrected chi connectivity index (χ4v) is 2.88. The highest BCUT2D eigenvalue weighted by Crippen LogP contribution is 2.21. The van der Waals surface area contributed by atoms with Crippen LogP contribution in [-0.4, -0.2) is 11.1 Å². The van der Waals surface area contributed by atoms with E-state index in [0.717, 1.165) is 19.4 Å². The van der Waals surface area contributed by atoms with Gasteiger partial charge in [0.15, 0.2) is 0 Å². The lowest BCUT2D eigenvalue weighted by Crippen LogP contribution is -2.03. The maximum Gasteiger partial charge on any atom is 0.0486 e. The number of aryl methyl sites for hydroxylation is 1. The highest BCUT2D eigenvalue weighted by atomic mass is 14.9. The Labute approximate surface area is 126 Å². The van der Waals surface area contributed by atoms with E-state index < -0.39 is 0 Å². The smallest absolute Gasteiger partial charge is 0.0486 e. The summed E-state index contributed by atoms with van der Waals surface area (Å²) in [5.41, 5.74) is 11.1. The Kier molecular flexibility index (Phi) is 4.07. The third kappa shape index (κ3) is 2.86. The molecule has 0 aliphatic heterocycles. The molecule has 0 atom stereocenters. The zero-order valence-corrected chi connectivity index (χ0v) is 12.5. The highest BCUT2D eigenvalue weighted by Gasteiger charge is 2.05. The van der Waals surface area contributed by atoms with Gasteiger partial charge in [0.2, 0.25) is 0 Å². The second-order valence-corrected chi connectivity index (χ2v) is 5.50. The summed E-state index contributed by atoms with van der Waals surface area (Å²) in [7, 11) is 0. The molecule has 3 aromatic rings. The molecule has 0 radical (unpaired) electrons. The van der Waals surface area contributed by atoms with Crippen molar-refractivity contribution < 1.29 is 0 Å². The molecule has 3 rings (SSSR count). The quantitative estimate of drug-likeness (QED) is 0.757. The van der Waals surface area contributed by atoms with Gasteiger partial charge in [-0.15, -0.1) is 0 Å². The van der Waals surface area contributed by atoms with Crippen LogP contribution in [0.4, 0.5) is 0 Å². The Morgan fingerprint density at radius 3 is 2.43 bits per heavy atom. The summed E-state index contributed by atoms with van der Waals surface area (Å²) >= 11 is 0. The van der Waals surface area contributed by atoms with E-state index in [2.05, 4.69) is 66.2 Å². The van der Waals surface area contributed by atoms with Crippen molar-refractivity contribution >= 4 is 10.9 Å². The monoisotopic (exact) mass is 278 g/mol. The maximum atomic E-state index is 5.70. The third-order valence-corrected chi connectivity index (χ3v) is 4.10. The van der Waals surface area contributed by atoms with Crippen LogP contribution in [0, 0.1) is 0 Å². The van der Waals surface area contributed by atoms with E-state index in [0.29, 0.717) is 6.54 Å². The molecule has 0 saturated heterocycles. The summed E-state index contributed by atoms with van der Waals surface area (Å²) in [5.74, 6) is 0. The van der Waals surface area contributed by atoms with Crippen molar-refractivity contribution in [3.8, 4) is 0 Å². The van der Waals surface area contributed by atoms with Gasteiger partial charge >= 0.3 is 0 Å². The molecule has 0 aliphatic carbocycles. The third-order valence-electron chi connectivity index (χ3n) is 4.10. The predicted octanol–water partition coefficient (Wildman–Crippen LogP) is 3.75. The molecule has 2 N–H and O–H groups in total. The molecule has 2 heteroatoms. The molecule has 0 amide bonds. The van der Waals surface area contributed by atoms with Crippen LogP contribution in [0.25, 0.3) is 10.9 Å². The van der Waals surface area contributed by atoms with Crippen molar-refractivity contribution in [1.82, 2.24) is 4.57 Å². The van der Waals surface area contributed by atoms with Crippen LogP contribution in [0.5, 0.6) is 0 Å². The van der Waals surface area contributed by atoms with E-state index in [1.165, 1.54) is 27.6 Å². The molecule has 0 bridgehead atoms. The summed E-state index contributed by atoms with van der Waals surface area (Å²) in [6, 6.07) is 17.6. The summed E-state index contributed by atoms with van der Waals surface area (Å²) in [6.45, 7) is 3.80. The van der Waals surface area contributed by atoms with E-state index in [9.17, 15) is 0 Å². The van der Waals surface area contributed by atoms with Crippen molar-refractivity contribution in [1.29, 1.82) is 0 Å². The number of nitrogens with two attached hydrogens (primary N) is 1. The molecule has 21 heavy (non-hydrogen) atoms. The summed E-state index contributed by atoms with van der Waals surface area (Å²) in [4.78, 5) is 0. The van der Waals surface area contributed by atoms with Crippen LogP contribution >= 0.6 is 0 Å². The Bertz CT molecular complexity index is 723.